The molecule has 0 spiro atoms. The number of benzene rings is 2. The number of hydrogen-bond donors (Lipinski definition) is 0. The van der Waals surface area contributed by atoms with Crippen LogP contribution in [0.2, 0.25) is 0 Å². The number of nitrogens with zero attached hydrogens (tertiary/aromatic N) is 4. The van der Waals surface area contributed by atoms with Crippen LogP contribution < -0.4 is 0 Å². The molecule has 5 aromatic heterocycles. The van der Waals surface area contributed by atoms with Gasteiger partial charge in [-0.3, -0.25) is 0 Å². The third kappa shape index (κ3) is 2.56. The van der Waals surface area contributed by atoms with E-state index in [9.17, 15) is 0 Å². The molecule has 7 rings (SSSR count). The second-order valence-electron chi connectivity index (χ2n) is 7.96. The highest BCUT2D eigenvalue weighted by atomic mass is 14.8. The molecule has 32 heavy (non-hydrogen) atoms. The summed E-state index contributed by atoms with van der Waals surface area (Å²) in [4.78, 5) is 20.0. The normalized spacial score (nSPS) is 11.8. The van der Waals surface area contributed by atoms with Gasteiger partial charge in [-0.15, -0.1) is 0 Å². The van der Waals surface area contributed by atoms with Crippen molar-refractivity contribution < 1.29 is 0 Å². The maximum atomic E-state index is 5.04. The molecule has 4 heteroatoms. The van der Waals surface area contributed by atoms with Crippen LogP contribution in [-0.4, -0.2) is 19.9 Å². The molecule has 8 bridgehead atoms. The average Bonchev–Trinajstić information content (AvgIpc) is 2.87. The van der Waals surface area contributed by atoms with Crippen molar-refractivity contribution in [2.45, 2.75) is 0 Å². The first-order valence-corrected chi connectivity index (χ1v) is 10.6. The number of hydrogen-bond acceptors (Lipinski definition) is 4. The van der Waals surface area contributed by atoms with Crippen LogP contribution in [0.4, 0.5) is 0 Å². The van der Waals surface area contributed by atoms with Crippen molar-refractivity contribution in [2.24, 2.45) is 0 Å². The number of aromatic nitrogens is 4. The van der Waals surface area contributed by atoms with E-state index in [4.69, 9.17) is 19.9 Å². The highest BCUT2D eigenvalue weighted by Gasteiger charge is 2.06. The van der Waals surface area contributed by atoms with Gasteiger partial charge in [0.1, 0.15) is 0 Å². The summed E-state index contributed by atoms with van der Waals surface area (Å²) in [7, 11) is 0. The molecule has 7 aromatic rings. The minimum Gasteiger partial charge on any atom is -0.246 e. The molecule has 0 aliphatic carbocycles. The molecule has 148 valence electrons. The summed E-state index contributed by atoms with van der Waals surface area (Å²) in [5.74, 6) is 0. The van der Waals surface area contributed by atoms with Gasteiger partial charge >= 0.3 is 0 Å². The fourth-order valence-corrected chi connectivity index (χ4v) is 4.45. The first-order chi connectivity index (χ1) is 15.8. The highest BCUT2D eigenvalue weighted by Crippen LogP contribution is 2.26. The smallest absolute Gasteiger partial charge is 0.0894 e. The van der Waals surface area contributed by atoms with Gasteiger partial charge in [-0.05, 0) is 36.4 Å². The Morgan fingerprint density at radius 1 is 0.312 bits per heavy atom. The second-order valence-corrected chi connectivity index (χ2v) is 7.96. The van der Waals surface area contributed by atoms with Gasteiger partial charge < -0.3 is 0 Å². The molecule has 5 heterocycles. The first kappa shape index (κ1) is 17.3. The molecule has 0 radical (unpaired) electrons. The van der Waals surface area contributed by atoms with Crippen molar-refractivity contribution in [1.82, 2.24) is 19.9 Å². The molecule has 0 saturated heterocycles. The molecule has 4 nitrogen and oxygen atoms in total. The van der Waals surface area contributed by atoms with Crippen LogP contribution in [0, 0.1) is 0 Å². The molecule has 0 atom stereocenters. The van der Waals surface area contributed by atoms with Crippen molar-refractivity contribution >= 4 is 65.7 Å². The predicted octanol–water partition coefficient (Wildman–Crippen LogP) is 6.75. The van der Waals surface area contributed by atoms with Crippen LogP contribution in [0.15, 0.2) is 97.1 Å². The van der Waals surface area contributed by atoms with Gasteiger partial charge in [0.05, 0.1) is 44.1 Å². The third-order valence-corrected chi connectivity index (χ3v) is 6.02. The van der Waals surface area contributed by atoms with Crippen molar-refractivity contribution in [1.29, 1.82) is 0 Å². The zero-order chi connectivity index (χ0) is 21.1. The molecule has 2 aromatic carbocycles. The van der Waals surface area contributed by atoms with E-state index in [0.29, 0.717) is 0 Å². The van der Waals surface area contributed by atoms with E-state index in [2.05, 4.69) is 48.5 Å². The van der Waals surface area contributed by atoms with Gasteiger partial charge in [-0.1, -0.05) is 60.7 Å². The van der Waals surface area contributed by atoms with Crippen LogP contribution in [0.5, 0.6) is 0 Å². The van der Waals surface area contributed by atoms with Crippen LogP contribution in [0.25, 0.3) is 65.7 Å². The van der Waals surface area contributed by atoms with E-state index in [1.54, 1.807) is 0 Å². The zero-order valence-electron chi connectivity index (χ0n) is 17.0. The fraction of sp³-hybridized carbons (Fsp3) is 0. The lowest BCUT2D eigenvalue weighted by Gasteiger charge is -2.05. The van der Waals surface area contributed by atoms with E-state index in [1.807, 2.05) is 48.5 Å². The number of pyridine rings is 4. The Bertz CT molecular complexity index is 1750. The number of rotatable bonds is 0. The van der Waals surface area contributed by atoms with Gasteiger partial charge in [0.25, 0.3) is 0 Å². The monoisotopic (exact) mass is 408 g/mol. The second kappa shape index (κ2) is 6.53. The van der Waals surface area contributed by atoms with Crippen LogP contribution >= 0.6 is 0 Å². The Kier molecular flexibility index (Phi) is 3.52. The average molecular weight is 408 g/mol. The SMILES string of the molecule is c1cc2nc(c1)c1cccc3ccc(nc31)c1ccc3cccc(c4cccc2n4)c3n1. The minimum absolute atomic E-state index is 0.837. The summed E-state index contributed by atoms with van der Waals surface area (Å²) < 4.78 is 0. The van der Waals surface area contributed by atoms with Crippen molar-refractivity contribution in [2.75, 3.05) is 0 Å². The van der Waals surface area contributed by atoms with E-state index in [1.165, 1.54) is 0 Å². The van der Waals surface area contributed by atoms with Crippen molar-refractivity contribution in [3.8, 4) is 0 Å². The van der Waals surface area contributed by atoms with Gasteiger partial charge in [-0.25, -0.2) is 19.9 Å². The van der Waals surface area contributed by atoms with Crippen molar-refractivity contribution in [3.63, 3.8) is 0 Å². The van der Waals surface area contributed by atoms with Crippen LogP contribution in [0.1, 0.15) is 0 Å². The molecule has 0 saturated carbocycles. The minimum atomic E-state index is 0.837. The van der Waals surface area contributed by atoms with E-state index in [0.717, 1.165) is 65.7 Å². The van der Waals surface area contributed by atoms with Crippen LogP contribution in [-0.2, 0) is 0 Å². The zero-order valence-corrected chi connectivity index (χ0v) is 17.0. The summed E-state index contributed by atoms with van der Waals surface area (Å²) in [5.41, 5.74) is 6.96. The molecule has 0 N–H and O–H groups in total. The molecule has 0 fully saturated rings. The Balaban J connectivity index is 1.84. The Morgan fingerprint density at radius 3 is 1.22 bits per heavy atom. The quantitative estimate of drug-likeness (QED) is 0.279. The molecule has 0 aliphatic rings. The topological polar surface area (TPSA) is 51.6 Å². The van der Waals surface area contributed by atoms with E-state index >= 15 is 0 Å². The van der Waals surface area contributed by atoms with Crippen LogP contribution in [0.3, 0.4) is 0 Å². The Morgan fingerprint density at radius 2 is 0.719 bits per heavy atom. The van der Waals surface area contributed by atoms with Gasteiger partial charge in [0, 0.05) is 21.5 Å². The van der Waals surface area contributed by atoms with Gasteiger partial charge in [-0.2, -0.15) is 0 Å². The number of fused-ring (bicyclic) bond motifs is 10. The van der Waals surface area contributed by atoms with E-state index in [-0.39, 0.29) is 0 Å². The lowest BCUT2D eigenvalue weighted by atomic mass is 10.1. The maximum Gasteiger partial charge on any atom is 0.0894 e. The molecule has 0 unspecified atom stereocenters. The van der Waals surface area contributed by atoms with E-state index < -0.39 is 0 Å². The predicted molar refractivity (Wildman–Crippen MR) is 131 cm³/mol. The Hall–Kier alpha value is -4.44. The summed E-state index contributed by atoms with van der Waals surface area (Å²) in [6, 6.07) is 32.9. The molecular weight excluding hydrogens is 392 g/mol. The maximum absolute atomic E-state index is 5.04. The van der Waals surface area contributed by atoms with Gasteiger partial charge in [0.15, 0.2) is 0 Å². The first-order valence-electron chi connectivity index (χ1n) is 10.6. The summed E-state index contributed by atoms with van der Waals surface area (Å²) in [6.07, 6.45) is 0. The van der Waals surface area contributed by atoms with Crippen molar-refractivity contribution in [3.05, 3.63) is 97.1 Å². The fourth-order valence-electron chi connectivity index (χ4n) is 4.45. The van der Waals surface area contributed by atoms with Gasteiger partial charge in [0.2, 0.25) is 0 Å². The summed E-state index contributed by atoms with van der Waals surface area (Å²) >= 11 is 0. The lowest BCUT2D eigenvalue weighted by molar-refractivity contribution is 1.43. The number of para-hydroxylation sites is 2. The standard InChI is InChI=1S/C28H16N4/c1-5-17-13-15-25-26-16-14-18-6-2-8-20(28(18)32-26)22-10-4-12-24(30-22)23-11-3-9-21(29-23)19(7-1)27(17)31-25/h1-16H. The molecule has 0 amide bonds. The Labute approximate surface area is 182 Å². The lowest BCUT2D eigenvalue weighted by Crippen LogP contribution is -1.88. The summed E-state index contributed by atoms with van der Waals surface area (Å²) in [5, 5.41) is 4.15. The largest absolute Gasteiger partial charge is 0.246 e. The summed E-state index contributed by atoms with van der Waals surface area (Å²) in [6.45, 7) is 0. The molecular formula is C28H16N4. The molecule has 0 aliphatic heterocycles. The highest BCUT2D eigenvalue weighted by molar-refractivity contribution is 6.07. The third-order valence-electron chi connectivity index (χ3n) is 6.02.